The van der Waals surface area contributed by atoms with Crippen molar-refractivity contribution in [2.45, 2.75) is 20.5 Å². The minimum atomic E-state index is -0.0481. The number of rotatable bonds is 8. The average molecular weight is 438 g/mol. The van der Waals surface area contributed by atoms with Gasteiger partial charge in [0.05, 0.1) is 7.11 Å². The second-order valence-corrected chi connectivity index (χ2v) is 7.90. The molecule has 0 spiro atoms. The molecule has 0 amide bonds. The van der Waals surface area contributed by atoms with Crippen molar-refractivity contribution in [1.29, 1.82) is 0 Å². The van der Waals surface area contributed by atoms with E-state index in [4.69, 9.17) is 9.47 Å². The van der Waals surface area contributed by atoms with E-state index in [2.05, 4.69) is 19.9 Å². The first-order valence-corrected chi connectivity index (χ1v) is 10.9. The minimum Gasteiger partial charge on any atom is -0.496 e. The zero-order valence-electron chi connectivity index (χ0n) is 19.1. The number of allylic oxidation sites excluding steroid dienone is 1. The van der Waals surface area contributed by atoms with Crippen molar-refractivity contribution in [2.75, 3.05) is 7.11 Å². The number of aromatic nitrogens is 1. The molecule has 0 bridgehead atoms. The lowest BCUT2D eigenvalue weighted by molar-refractivity contribution is 0.104. The van der Waals surface area contributed by atoms with Gasteiger partial charge in [0.15, 0.2) is 5.78 Å². The molecule has 1 aromatic heterocycles. The van der Waals surface area contributed by atoms with E-state index in [-0.39, 0.29) is 5.78 Å². The van der Waals surface area contributed by atoms with E-state index in [0.29, 0.717) is 12.2 Å². The molecule has 3 aromatic carbocycles. The molecule has 166 valence electrons. The summed E-state index contributed by atoms with van der Waals surface area (Å²) in [7, 11) is 1.65. The first-order chi connectivity index (χ1) is 16.0. The van der Waals surface area contributed by atoms with Gasteiger partial charge in [-0.2, -0.15) is 0 Å². The van der Waals surface area contributed by atoms with Gasteiger partial charge >= 0.3 is 0 Å². The van der Waals surface area contributed by atoms with Gasteiger partial charge in [0.2, 0.25) is 0 Å². The molecule has 0 radical (unpaired) electrons. The maximum Gasteiger partial charge on any atom is 0.185 e. The smallest absolute Gasteiger partial charge is 0.185 e. The quantitative estimate of drug-likeness (QED) is 0.231. The maximum absolute atomic E-state index is 12.8. The Balaban J connectivity index is 1.51. The second-order valence-electron chi connectivity index (χ2n) is 7.90. The Morgan fingerprint density at radius 2 is 1.70 bits per heavy atom. The van der Waals surface area contributed by atoms with Gasteiger partial charge in [-0.15, -0.1) is 0 Å². The lowest BCUT2D eigenvalue weighted by Crippen LogP contribution is -2.01. The Morgan fingerprint density at radius 3 is 2.48 bits per heavy atom. The third-order valence-corrected chi connectivity index (χ3v) is 5.70. The fourth-order valence-electron chi connectivity index (χ4n) is 3.65. The standard InChI is InChI=1S/C29H27NO3/c1-21-8-6-11-28(22(21)2)33-20-25-18-23(13-15-29(25)32-3)12-14-27(31)24-9-7-10-26(19-24)30-16-4-5-17-30/h4-19H,20H2,1-3H3/b14-12+. The molecule has 4 rings (SSSR count). The summed E-state index contributed by atoms with van der Waals surface area (Å²) >= 11 is 0. The first-order valence-electron chi connectivity index (χ1n) is 10.9. The molecule has 4 nitrogen and oxygen atoms in total. The molecule has 0 atom stereocenters. The van der Waals surface area contributed by atoms with Gasteiger partial charge < -0.3 is 14.0 Å². The molecule has 4 aromatic rings. The van der Waals surface area contributed by atoms with Crippen LogP contribution < -0.4 is 9.47 Å². The Kier molecular flexibility index (Phi) is 6.75. The van der Waals surface area contributed by atoms with Gasteiger partial charge in [-0.25, -0.2) is 0 Å². The normalized spacial score (nSPS) is 11.0. The number of ketones is 1. The number of ether oxygens (including phenoxy) is 2. The van der Waals surface area contributed by atoms with Crippen LogP contribution in [0, 0.1) is 13.8 Å². The fourth-order valence-corrected chi connectivity index (χ4v) is 3.65. The van der Waals surface area contributed by atoms with Crippen LogP contribution in [-0.4, -0.2) is 17.5 Å². The topological polar surface area (TPSA) is 40.5 Å². The molecule has 0 aliphatic carbocycles. The van der Waals surface area contributed by atoms with Gasteiger partial charge in [-0.3, -0.25) is 4.79 Å². The van der Waals surface area contributed by atoms with Gasteiger partial charge in [-0.1, -0.05) is 36.4 Å². The summed E-state index contributed by atoms with van der Waals surface area (Å²) in [6.45, 7) is 4.50. The van der Waals surface area contributed by atoms with E-state index in [1.807, 2.05) is 89.8 Å². The van der Waals surface area contributed by atoms with E-state index in [0.717, 1.165) is 33.9 Å². The molecular weight excluding hydrogens is 410 g/mol. The van der Waals surface area contributed by atoms with E-state index in [1.54, 1.807) is 13.2 Å². The molecule has 0 fully saturated rings. The third-order valence-electron chi connectivity index (χ3n) is 5.70. The van der Waals surface area contributed by atoms with E-state index in [9.17, 15) is 4.79 Å². The van der Waals surface area contributed by atoms with Crippen molar-refractivity contribution in [3.8, 4) is 17.2 Å². The highest BCUT2D eigenvalue weighted by atomic mass is 16.5. The molecule has 4 heteroatoms. The van der Waals surface area contributed by atoms with Crippen molar-refractivity contribution < 1.29 is 14.3 Å². The minimum absolute atomic E-state index is 0.0481. The number of benzene rings is 3. The number of carbonyl (C=O) groups excluding carboxylic acids is 1. The van der Waals surface area contributed by atoms with Gasteiger partial charge in [0, 0.05) is 29.2 Å². The Hall–Kier alpha value is -4.05. The summed E-state index contributed by atoms with van der Waals surface area (Å²) in [5.41, 5.74) is 5.74. The van der Waals surface area contributed by atoms with Crippen molar-refractivity contribution >= 4 is 11.9 Å². The highest BCUT2D eigenvalue weighted by Gasteiger charge is 2.08. The van der Waals surface area contributed by atoms with Crippen molar-refractivity contribution in [1.82, 2.24) is 4.57 Å². The van der Waals surface area contributed by atoms with E-state index in [1.165, 1.54) is 5.56 Å². The Labute approximate surface area is 194 Å². The highest BCUT2D eigenvalue weighted by molar-refractivity contribution is 6.07. The van der Waals surface area contributed by atoms with Crippen LogP contribution in [0.3, 0.4) is 0 Å². The summed E-state index contributed by atoms with van der Waals surface area (Å²) in [6.07, 6.45) is 7.34. The van der Waals surface area contributed by atoms with Gasteiger partial charge in [0.1, 0.15) is 18.1 Å². The first kappa shape index (κ1) is 22.2. The van der Waals surface area contributed by atoms with Crippen molar-refractivity contribution in [3.63, 3.8) is 0 Å². The molecule has 0 N–H and O–H groups in total. The van der Waals surface area contributed by atoms with E-state index >= 15 is 0 Å². The van der Waals surface area contributed by atoms with Crippen molar-refractivity contribution in [2.24, 2.45) is 0 Å². The van der Waals surface area contributed by atoms with E-state index < -0.39 is 0 Å². The second kappa shape index (κ2) is 10.0. The van der Waals surface area contributed by atoms with Crippen LogP contribution in [0.5, 0.6) is 11.5 Å². The SMILES string of the molecule is COc1ccc(/C=C/C(=O)c2cccc(-n3cccc3)c2)cc1COc1cccc(C)c1C. The monoisotopic (exact) mass is 437 g/mol. The van der Waals surface area contributed by atoms with Gasteiger partial charge in [-0.05, 0) is 79.1 Å². The van der Waals surface area contributed by atoms with Gasteiger partial charge in [0.25, 0.3) is 0 Å². The lowest BCUT2D eigenvalue weighted by atomic mass is 10.1. The predicted molar refractivity (Wildman–Crippen MR) is 132 cm³/mol. The summed E-state index contributed by atoms with van der Waals surface area (Å²) in [4.78, 5) is 12.8. The Morgan fingerprint density at radius 1 is 0.909 bits per heavy atom. The summed E-state index contributed by atoms with van der Waals surface area (Å²) in [5, 5.41) is 0. The maximum atomic E-state index is 12.8. The van der Waals surface area contributed by atoms with Crippen LogP contribution in [0.4, 0.5) is 0 Å². The average Bonchev–Trinajstić information content (AvgIpc) is 3.39. The summed E-state index contributed by atoms with van der Waals surface area (Å²) in [6, 6.07) is 23.4. The molecule has 0 saturated heterocycles. The lowest BCUT2D eigenvalue weighted by Gasteiger charge is -2.13. The summed E-state index contributed by atoms with van der Waals surface area (Å²) < 4.78 is 13.6. The molecular formula is C29H27NO3. The van der Waals surface area contributed by atoms with Crippen LogP contribution >= 0.6 is 0 Å². The number of hydrogen-bond acceptors (Lipinski definition) is 3. The van der Waals surface area contributed by atoms with Crippen LogP contribution in [0.25, 0.3) is 11.8 Å². The largest absolute Gasteiger partial charge is 0.496 e. The Bertz CT molecular complexity index is 1290. The molecule has 0 saturated carbocycles. The van der Waals surface area contributed by atoms with Crippen LogP contribution in [0.1, 0.15) is 32.6 Å². The summed E-state index contributed by atoms with van der Waals surface area (Å²) in [5.74, 6) is 1.56. The number of aryl methyl sites for hydroxylation is 1. The molecule has 0 unspecified atom stereocenters. The molecule has 33 heavy (non-hydrogen) atoms. The zero-order valence-corrected chi connectivity index (χ0v) is 19.1. The zero-order chi connectivity index (χ0) is 23.2. The highest BCUT2D eigenvalue weighted by Crippen LogP contribution is 2.26. The van der Waals surface area contributed by atoms with Crippen LogP contribution in [-0.2, 0) is 6.61 Å². The fraction of sp³-hybridized carbons (Fsp3) is 0.138. The molecule has 0 aliphatic heterocycles. The third kappa shape index (κ3) is 5.24. The molecule has 0 aliphatic rings. The van der Waals surface area contributed by atoms with Crippen LogP contribution in [0.15, 0.2) is 91.3 Å². The predicted octanol–water partition coefficient (Wildman–Crippen LogP) is 6.58. The number of methoxy groups -OCH3 is 1. The van der Waals surface area contributed by atoms with Crippen molar-refractivity contribution in [3.05, 3.63) is 119 Å². The number of hydrogen-bond donors (Lipinski definition) is 0. The number of nitrogens with zero attached hydrogens (tertiary/aromatic N) is 1. The van der Waals surface area contributed by atoms with Crippen LogP contribution in [0.2, 0.25) is 0 Å². The number of carbonyl (C=O) groups is 1. The molecule has 1 heterocycles.